The summed E-state index contributed by atoms with van der Waals surface area (Å²) in [6, 6.07) is 11.8. The van der Waals surface area contributed by atoms with Crippen molar-refractivity contribution in [2.45, 2.75) is 19.9 Å². The van der Waals surface area contributed by atoms with E-state index < -0.39 is 0 Å². The minimum absolute atomic E-state index is 0.0622. The van der Waals surface area contributed by atoms with E-state index in [1.54, 1.807) is 18.1 Å². The number of benzene rings is 1. The van der Waals surface area contributed by atoms with Crippen LogP contribution in [0.3, 0.4) is 0 Å². The fourth-order valence-electron chi connectivity index (χ4n) is 2.42. The van der Waals surface area contributed by atoms with Crippen molar-refractivity contribution >= 4 is 50.8 Å². The van der Waals surface area contributed by atoms with Crippen LogP contribution in [0, 0.1) is 3.57 Å². The number of carbonyl (C=O) groups excluding carboxylic acids is 1. The van der Waals surface area contributed by atoms with Crippen LogP contribution < -0.4 is 10.2 Å². The maximum absolute atomic E-state index is 12.8. The number of aromatic nitrogens is 2. The molecule has 1 aromatic carbocycles. The lowest BCUT2D eigenvalue weighted by atomic mass is 10.2. The summed E-state index contributed by atoms with van der Waals surface area (Å²) in [5.74, 6) is 0.753. The zero-order valence-corrected chi connectivity index (χ0v) is 17.7. The van der Waals surface area contributed by atoms with Crippen LogP contribution >= 0.6 is 33.9 Å². The number of thiazole rings is 1. The van der Waals surface area contributed by atoms with Crippen molar-refractivity contribution in [1.82, 2.24) is 9.97 Å². The lowest BCUT2D eigenvalue weighted by Crippen LogP contribution is -2.26. The van der Waals surface area contributed by atoms with Gasteiger partial charge in [0.15, 0.2) is 5.13 Å². The molecule has 0 aliphatic heterocycles. The molecule has 0 bridgehead atoms. The summed E-state index contributed by atoms with van der Waals surface area (Å²) in [7, 11) is 1.76. The van der Waals surface area contributed by atoms with E-state index in [-0.39, 0.29) is 5.91 Å². The van der Waals surface area contributed by atoms with E-state index in [1.807, 2.05) is 41.8 Å². The number of nitrogens with one attached hydrogen (secondary N) is 1. The Morgan fingerprint density at radius 1 is 1.27 bits per heavy atom. The highest BCUT2D eigenvalue weighted by Crippen LogP contribution is 2.29. The van der Waals surface area contributed by atoms with Gasteiger partial charge >= 0.3 is 0 Å². The van der Waals surface area contributed by atoms with Gasteiger partial charge in [0.2, 0.25) is 0 Å². The Hall–Kier alpha value is -2.00. The largest absolute Gasteiger partial charge is 0.368 e. The standard InChI is InChI=1S/C19H19IN4OS/c1-12(2)22-17-10-13(8-9-21-17)16-11-26-19(23-16)24(3)18(25)14-6-4-5-7-15(14)20/h4-12H,1-3H3,(H,21,22). The van der Waals surface area contributed by atoms with Crippen molar-refractivity contribution in [2.75, 3.05) is 17.3 Å². The topological polar surface area (TPSA) is 58.1 Å². The molecule has 0 saturated carbocycles. The molecule has 0 saturated heterocycles. The van der Waals surface area contributed by atoms with E-state index in [0.717, 1.165) is 20.6 Å². The molecule has 0 fully saturated rings. The van der Waals surface area contributed by atoms with Gasteiger partial charge in [-0.1, -0.05) is 12.1 Å². The molecule has 7 heteroatoms. The van der Waals surface area contributed by atoms with Crippen LogP contribution in [0.1, 0.15) is 24.2 Å². The fourth-order valence-corrected chi connectivity index (χ4v) is 3.83. The van der Waals surface area contributed by atoms with Crippen molar-refractivity contribution in [2.24, 2.45) is 0 Å². The summed E-state index contributed by atoms with van der Waals surface area (Å²) >= 11 is 3.63. The normalized spacial score (nSPS) is 10.8. The van der Waals surface area contributed by atoms with Gasteiger partial charge in [-0.25, -0.2) is 9.97 Å². The number of hydrogen-bond donors (Lipinski definition) is 1. The summed E-state index contributed by atoms with van der Waals surface area (Å²) in [5, 5.41) is 5.92. The molecule has 2 aromatic heterocycles. The number of anilines is 2. The molecule has 26 heavy (non-hydrogen) atoms. The molecule has 1 N–H and O–H groups in total. The van der Waals surface area contributed by atoms with Gasteiger partial charge in [-0.15, -0.1) is 11.3 Å². The van der Waals surface area contributed by atoms with Crippen LogP contribution in [0.5, 0.6) is 0 Å². The molecule has 0 aliphatic carbocycles. The molecule has 0 atom stereocenters. The average molecular weight is 478 g/mol. The third kappa shape index (κ3) is 4.21. The van der Waals surface area contributed by atoms with Gasteiger partial charge in [0.05, 0.1) is 11.3 Å². The van der Waals surface area contributed by atoms with E-state index in [4.69, 9.17) is 0 Å². The lowest BCUT2D eigenvalue weighted by Gasteiger charge is -2.14. The zero-order chi connectivity index (χ0) is 18.7. The predicted molar refractivity (Wildman–Crippen MR) is 116 cm³/mol. The van der Waals surface area contributed by atoms with Crippen molar-refractivity contribution in [3.05, 3.63) is 57.1 Å². The van der Waals surface area contributed by atoms with Crippen molar-refractivity contribution < 1.29 is 4.79 Å². The number of rotatable bonds is 5. The van der Waals surface area contributed by atoms with Crippen molar-refractivity contribution in [3.8, 4) is 11.3 Å². The summed E-state index contributed by atoms with van der Waals surface area (Å²) in [4.78, 5) is 23.3. The van der Waals surface area contributed by atoms with Crippen molar-refractivity contribution in [3.63, 3.8) is 0 Å². The molecule has 0 radical (unpaired) electrons. The second-order valence-electron chi connectivity index (χ2n) is 6.09. The van der Waals surface area contributed by atoms with E-state index in [0.29, 0.717) is 16.7 Å². The molecular weight excluding hydrogens is 459 g/mol. The van der Waals surface area contributed by atoms with Crippen molar-refractivity contribution in [1.29, 1.82) is 0 Å². The van der Waals surface area contributed by atoms with Gasteiger partial charge in [-0.05, 0) is 60.7 Å². The molecular formula is C19H19IN4OS. The first-order valence-electron chi connectivity index (χ1n) is 8.17. The third-order valence-corrected chi connectivity index (χ3v) is 5.54. The second-order valence-corrected chi connectivity index (χ2v) is 8.09. The van der Waals surface area contributed by atoms with Gasteiger partial charge in [-0.2, -0.15) is 0 Å². The Kier molecular flexibility index (Phi) is 5.87. The Morgan fingerprint density at radius 3 is 2.77 bits per heavy atom. The monoisotopic (exact) mass is 478 g/mol. The predicted octanol–water partition coefficient (Wildman–Crippen LogP) is 4.91. The van der Waals surface area contributed by atoms with Crippen LogP contribution in [0.15, 0.2) is 48.0 Å². The minimum atomic E-state index is -0.0622. The molecule has 0 spiro atoms. The molecule has 5 nitrogen and oxygen atoms in total. The molecule has 2 heterocycles. The summed E-state index contributed by atoms with van der Waals surface area (Å²) < 4.78 is 0.928. The molecule has 1 amide bonds. The summed E-state index contributed by atoms with van der Waals surface area (Å²) in [6.45, 7) is 4.14. The fraction of sp³-hybridized carbons (Fsp3) is 0.211. The summed E-state index contributed by atoms with van der Waals surface area (Å²) in [5.41, 5.74) is 2.49. The molecule has 0 aliphatic rings. The van der Waals surface area contributed by atoms with Gasteiger partial charge in [-0.3, -0.25) is 9.69 Å². The highest BCUT2D eigenvalue weighted by Gasteiger charge is 2.19. The average Bonchev–Trinajstić information content (AvgIpc) is 3.11. The van der Waals surface area contributed by atoms with Crippen LogP contribution in [-0.2, 0) is 0 Å². The van der Waals surface area contributed by atoms with Crippen LogP contribution in [0.25, 0.3) is 11.3 Å². The Balaban J connectivity index is 1.83. The number of nitrogens with zero attached hydrogens (tertiary/aromatic N) is 3. The maximum Gasteiger partial charge on any atom is 0.260 e. The number of amides is 1. The SMILES string of the molecule is CC(C)Nc1cc(-c2csc(N(C)C(=O)c3ccccc3I)n2)ccn1. The smallest absolute Gasteiger partial charge is 0.260 e. The van der Waals surface area contributed by atoms with Gasteiger partial charge in [0, 0.05) is 33.8 Å². The summed E-state index contributed by atoms with van der Waals surface area (Å²) in [6.07, 6.45) is 1.76. The molecule has 3 rings (SSSR count). The molecule has 134 valence electrons. The van der Waals surface area contributed by atoms with E-state index >= 15 is 0 Å². The number of hydrogen-bond acceptors (Lipinski definition) is 5. The van der Waals surface area contributed by atoms with E-state index in [9.17, 15) is 4.79 Å². The lowest BCUT2D eigenvalue weighted by molar-refractivity contribution is 0.0992. The van der Waals surface area contributed by atoms with Crippen LogP contribution in [0.4, 0.5) is 10.9 Å². The quantitative estimate of drug-likeness (QED) is 0.530. The Bertz CT molecular complexity index is 925. The highest BCUT2D eigenvalue weighted by molar-refractivity contribution is 14.1. The third-order valence-electron chi connectivity index (χ3n) is 3.68. The molecule has 0 unspecified atom stereocenters. The zero-order valence-electron chi connectivity index (χ0n) is 14.7. The van der Waals surface area contributed by atoms with Crippen LogP contribution in [-0.4, -0.2) is 29.0 Å². The van der Waals surface area contributed by atoms with Gasteiger partial charge in [0.25, 0.3) is 5.91 Å². The Morgan fingerprint density at radius 2 is 2.04 bits per heavy atom. The number of halogens is 1. The Labute approximate surface area is 170 Å². The minimum Gasteiger partial charge on any atom is -0.368 e. The van der Waals surface area contributed by atoms with E-state index in [1.165, 1.54) is 11.3 Å². The van der Waals surface area contributed by atoms with Gasteiger partial charge < -0.3 is 5.32 Å². The molecule has 3 aromatic rings. The number of carbonyl (C=O) groups is 1. The first-order valence-corrected chi connectivity index (χ1v) is 10.1. The second kappa shape index (κ2) is 8.13. The van der Waals surface area contributed by atoms with Crippen LogP contribution in [0.2, 0.25) is 0 Å². The van der Waals surface area contributed by atoms with Gasteiger partial charge in [0.1, 0.15) is 5.82 Å². The first-order chi connectivity index (χ1) is 12.5. The maximum atomic E-state index is 12.8. The number of pyridine rings is 1. The highest BCUT2D eigenvalue weighted by atomic mass is 127. The first kappa shape index (κ1) is 18.8. The van der Waals surface area contributed by atoms with E-state index in [2.05, 4.69) is 51.7 Å².